The van der Waals surface area contributed by atoms with Crippen LogP contribution in [0, 0.1) is 10.8 Å². The molecule has 1 aliphatic carbocycles. The summed E-state index contributed by atoms with van der Waals surface area (Å²) in [5.74, 6) is 0. The maximum absolute atomic E-state index is 12.1. The highest BCUT2D eigenvalue weighted by molar-refractivity contribution is 6.33. The topological polar surface area (TPSA) is 87.3 Å². The van der Waals surface area contributed by atoms with Gasteiger partial charge in [-0.3, -0.25) is 4.79 Å². The van der Waals surface area contributed by atoms with Gasteiger partial charge in [0.15, 0.2) is 0 Å². The molecule has 2 heterocycles. The molecule has 2 fully saturated rings. The smallest absolute Gasteiger partial charge is 0.407 e. The number of carbonyl (C=O) groups is 1. The largest absolute Gasteiger partial charge is 0.444 e. The number of rotatable bonds is 3. The molecule has 1 saturated carbocycles. The summed E-state index contributed by atoms with van der Waals surface area (Å²) in [4.78, 5) is 25.6. The molecule has 8 heteroatoms. The SMILES string of the molecule is CC1(C)C(NC(=O)O[C@@H]2CCN(c3cn[nH]c(=O)c3Cl)C2)C1(C)C. The van der Waals surface area contributed by atoms with E-state index in [1.165, 1.54) is 6.20 Å². The van der Waals surface area contributed by atoms with Gasteiger partial charge in [0.25, 0.3) is 5.56 Å². The standard InChI is InChI=1S/C16H23ClN4O3/c1-15(2)13(16(15,3)4)19-14(23)24-9-5-6-21(8-9)10-7-18-20-12(22)11(10)17/h7,9,13H,5-6,8H2,1-4H3,(H,19,23)(H,20,22)/t9-/m1/s1. The van der Waals surface area contributed by atoms with Crippen molar-refractivity contribution in [3.8, 4) is 0 Å². The van der Waals surface area contributed by atoms with E-state index in [1.54, 1.807) is 0 Å². The monoisotopic (exact) mass is 354 g/mol. The molecule has 0 bridgehead atoms. The first-order valence-corrected chi connectivity index (χ1v) is 8.47. The Kier molecular flexibility index (Phi) is 4.02. The van der Waals surface area contributed by atoms with Gasteiger partial charge < -0.3 is 15.0 Å². The van der Waals surface area contributed by atoms with Gasteiger partial charge in [-0.05, 0) is 10.8 Å². The number of nitrogens with one attached hydrogen (secondary N) is 2. The fourth-order valence-corrected chi connectivity index (χ4v) is 3.71. The van der Waals surface area contributed by atoms with Gasteiger partial charge in [-0.15, -0.1) is 0 Å². The van der Waals surface area contributed by atoms with Crippen LogP contribution in [0.15, 0.2) is 11.0 Å². The molecule has 7 nitrogen and oxygen atoms in total. The van der Waals surface area contributed by atoms with Crippen LogP contribution < -0.4 is 15.8 Å². The minimum atomic E-state index is -0.422. The Balaban J connectivity index is 1.56. The number of ether oxygens (including phenoxy) is 1. The molecule has 0 spiro atoms. The number of aromatic nitrogens is 2. The lowest BCUT2D eigenvalue weighted by Crippen LogP contribution is -2.34. The van der Waals surface area contributed by atoms with E-state index in [2.05, 4.69) is 43.2 Å². The summed E-state index contributed by atoms with van der Waals surface area (Å²) < 4.78 is 5.53. The molecule has 24 heavy (non-hydrogen) atoms. The molecule has 1 aromatic heterocycles. The zero-order valence-corrected chi connectivity index (χ0v) is 15.1. The molecule has 2 aliphatic rings. The van der Waals surface area contributed by atoms with Crippen molar-refractivity contribution in [1.82, 2.24) is 15.5 Å². The van der Waals surface area contributed by atoms with Gasteiger partial charge in [0.05, 0.1) is 18.4 Å². The predicted octanol–water partition coefficient (Wildman–Crippen LogP) is 2.16. The lowest BCUT2D eigenvalue weighted by atomic mass is 10.0. The second-order valence-electron chi connectivity index (χ2n) is 7.68. The van der Waals surface area contributed by atoms with Crippen molar-refractivity contribution in [2.24, 2.45) is 10.8 Å². The van der Waals surface area contributed by atoms with E-state index in [0.29, 0.717) is 25.2 Å². The van der Waals surface area contributed by atoms with E-state index in [0.717, 1.165) is 0 Å². The van der Waals surface area contributed by atoms with Crippen LogP contribution in [0.25, 0.3) is 0 Å². The Morgan fingerprint density at radius 2 is 2.08 bits per heavy atom. The summed E-state index contributed by atoms with van der Waals surface area (Å²) in [5.41, 5.74) is 0.279. The summed E-state index contributed by atoms with van der Waals surface area (Å²) in [6, 6.07) is 0.112. The van der Waals surface area contributed by atoms with Gasteiger partial charge in [-0.1, -0.05) is 39.3 Å². The summed E-state index contributed by atoms with van der Waals surface area (Å²) >= 11 is 6.02. The quantitative estimate of drug-likeness (QED) is 0.868. The van der Waals surface area contributed by atoms with Crippen molar-refractivity contribution in [1.29, 1.82) is 0 Å². The lowest BCUT2D eigenvalue weighted by molar-refractivity contribution is 0.106. The van der Waals surface area contributed by atoms with Crippen molar-refractivity contribution in [2.45, 2.75) is 46.3 Å². The first kappa shape index (κ1) is 17.1. The number of amides is 1. The van der Waals surface area contributed by atoms with Gasteiger partial charge in [0.2, 0.25) is 0 Å². The average Bonchev–Trinajstić information content (AvgIpc) is 2.85. The predicted molar refractivity (Wildman–Crippen MR) is 91.5 cm³/mol. The Hall–Kier alpha value is -1.76. The van der Waals surface area contributed by atoms with Crippen LogP contribution in [-0.2, 0) is 4.74 Å². The molecule has 132 valence electrons. The van der Waals surface area contributed by atoms with E-state index in [4.69, 9.17) is 16.3 Å². The fourth-order valence-electron chi connectivity index (χ4n) is 3.50. The number of H-pyrrole nitrogens is 1. The highest BCUT2D eigenvalue weighted by atomic mass is 35.5. The molecule has 0 aromatic carbocycles. The molecule has 2 N–H and O–H groups in total. The molecule has 3 rings (SSSR count). The van der Waals surface area contributed by atoms with Gasteiger partial charge in [0.1, 0.15) is 11.1 Å². The van der Waals surface area contributed by atoms with Gasteiger partial charge in [0, 0.05) is 19.0 Å². The Bertz CT molecular complexity index is 702. The Morgan fingerprint density at radius 1 is 1.42 bits per heavy atom. The molecule has 1 amide bonds. The minimum Gasteiger partial charge on any atom is -0.444 e. The summed E-state index contributed by atoms with van der Waals surface area (Å²) in [6.07, 6.45) is 1.58. The number of carbonyl (C=O) groups excluding carboxylic acids is 1. The normalized spacial score (nSPS) is 24.7. The number of alkyl carbamates (subject to hydrolysis) is 1. The highest BCUT2D eigenvalue weighted by Gasteiger charge is 2.65. The Morgan fingerprint density at radius 3 is 2.71 bits per heavy atom. The molecule has 1 aliphatic heterocycles. The van der Waals surface area contributed by atoms with Crippen LogP contribution >= 0.6 is 11.6 Å². The average molecular weight is 355 g/mol. The molecule has 1 saturated heterocycles. The highest BCUT2D eigenvalue weighted by Crippen LogP contribution is 2.62. The number of anilines is 1. The summed E-state index contributed by atoms with van der Waals surface area (Å²) in [5, 5.41) is 9.13. The third kappa shape index (κ3) is 2.75. The van der Waals surface area contributed by atoms with E-state index < -0.39 is 5.56 Å². The van der Waals surface area contributed by atoms with Gasteiger partial charge >= 0.3 is 6.09 Å². The number of halogens is 1. The van der Waals surface area contributed by atoms with Crippen LogP contribution in [0.2, 0.25) is 5.02 Å². The summed E-state index contributed by atoms with van der Waals surface area (Å²) in [7, 11) is 0. The molecule has 0 unspecified atom stereocenters. The summed E-state index contributed by atoms with van der Waals surface area (Å²) in [6.45, 7) is 9.70. The lowest BCUT2D eigenvalue weighted by Gasteiger charge is -2.19. The fraction of sp³-hybridized carbons (Fsp3) is 0.688. The molecule has 1 aromatic rings. The van der Waals surface area contributed by atoms with Crippen molar-refractivity contribution in [2.75, 3.05) is 18.0 Å². The van der Waals surface area contributed by atoms with E-state index in [9.17, 15) is 9.59 Å². The number of hydrogen-bond donors (Lipinski definition) is 2. The number of aromatic amines is 1. The third-order valence-corrected chi connectivity index (χ3v) is 6.18. The van der Waals surface area contributed by atoms with Crippen molar-refractivity contribution < 1.29 is 9.53 Å². The zero-order valence-electron chi connectivity index (χ0n) is 14.4. The van der Waals surface area contributed by atoms with Crippen LogP contribution in [0.3, 0.4) is 0 Å². The van der Waals surface area contributed by atoms with Crippen LogP contribution in [0.1, 0.15) is 34.1 Å². The van der Waals surface area contributed by atoms with Gasteiger partial charge in [-0.25, -0.2) is 9.89 Å². The zero-order chi connectivity index (χ0) is 17.7. The Labute approximate surface area is 145 Å². The molecular formula is C16H23ClN4O3. The maximum atomic E-state index is 12.1. The van der Waals surface area contributed by atoms with Crippen molar-refractivity contribution in [3.63, 3.8) is 0 Å². The van der Waals surface area contributed by atoms with E-state index >= 15 is 0 Å². The molecule has 0 radical (unpaired) electrons. The van der Waals surface area contributed by atoms with Gasteiger partial charge in [-0.2, -0.15) is 5.10 Å². The maximum Gasteiger partial charge on any atom is 0.407 e. The first-order chi connectivity index (χ1) is 11.1. The number of hydrogen-bond acceptors (Lipinski definition) is 5. The van der Waals surface area contributed by atoms with E-state index in [-0.39, 0.29) is 34.1 Å². The molecular weight excluding hydrogens is 332 g/mol. The van der Waals surface area contributed by atoms with E-state index in [1.807, 2.05) is 4.90 Å². The van der Waals surface area contributed by atoms with Crippen LogP contribution in [-0.4, -0.2) is 41.5 Å². The van der Waals surface area contributed by atoms with Crippen molar-refractivity contribution >= 4 is 23.4 Å². The van der Waals surface area contributed by atoms with Crippen LogP contribution in [0.4, 0.5) is 10.5 Å². The van der Waals surface area contributed by atoms with Crippen LogP contribution in [0.5, 0.6) is 0 Å². The first-order valence-electron chi connectivity index (χ1n) is 8.10. The third-order valence-electron chi connectivity index (χ3n) is 5.82. The number of nitrogens with zero attached hydrogens (tertiary/aromatic N) is 2. The van der Waals surface area contributed by atoms with Crippen molar-refractivity contribution in [3.05, 3.63) is 21.6 Å². The second kappa shape index (κ2) is 5.65. The second-order valence-corrected chi connectivity index (χ2v) is 8.06. The molecule has 1 atom stereocenters. The minimum absolute atomic E-state index is 0.0675.